The number of rotatable bonds is 6. The maximum atomic E-state index is 9.36. The van der Waals surface area contributed by atoms with Gasteiger partial charge in [0, 0.05) is 39.0 Å². The van der Waals surface area contributed by atoms with E-state index in [-0.39, 0.29) is 0 Å². The van der Waals surface area contributed by atoms with E-state index in [0.29, 0.717) is 18.4 Å². The Morgan fingerprint density at radius 1 is 1.39 bits per heavy atom. The highest BCUT2D eigenvalue weighted by Crippen LogP contribution is 2.28. The highest BCUT2D eigenvalue weighted by Gasteiger charge is 2.23. The van der Waals surface area contributed by atoms with Crippen LogP contribution in [0.1, 0.15) is 31.5 Å². The zero-order valence-electron chi connectivity index (χ0n) is 11.3. The zero-order valence-corrected chi connectivity index (χ0v) is 11.3. The molecule has 1 fully saturated rings. The van der Waals surface area contributed by atoms with Crippen LogP contribution in [0.5, 0.6) is 0 Å². The minimum atomic E-state index is 0.353. The molecule has 0 amide bonds. The summed E-state index contributed by atoms with van der Waals surface area (Å²) in [6, 6.07) is 0. The summed E-state index contributed by atoms with van der Waals surface area (Å²) in [5.74, 6) is 2.30. The van der Waals surface area contributed by atoms with Gasteiger partial charge in [-0.15, -0.1) is 0 Å². The van der Waals surface area contributed by atoms with Gasteiger partial charge in [0.2, 0.25) is 0 Å². The Balaban J connectivity index is 1.67. The second-order valence-corrected chi connectivity index (χ2v) is 5.40. The number of hydrogen-bond donors (Lipinski definition) is 2. The average molecular weight is 251 g/mol. The molecule has 0 bridgehead atoms. The third-order valence-electron chi connectivity index (χ3n) is 4.15. The van der Waals surface area contributed by atoms with Gasteiger partial charge in [-0.05, 0) is 31.2 Å². The first-order chi connectivity index (χ1) is 8.81. The molecule has 1 saturated carbocycles. The fraction of sp³-hybridized carbons (Fsp3) is 0.786. The molecule has 4 heteroatoms. The first-order valence-corrected chi connectivity index (χ1v) is 7.09. The fourth-order valence-electron chi connectivity index (χ4n) is 2.92. The Morgan fingerprint density at radius 2 is 2.17 bits per heavy atom. The zero-order chi connectivity index (χ0) is 12.8. The van der Waals surface area contributed by atoms with E-state index in [9.17, 15) is 5.11 Å². The van der Waals surface area contributed by atoms with E-state index < -0.39 is 0 Å². The van der Waals surface area contributed by atoms with Crippen molar-refractivity contribution in [1.29, 1.82) is 0 Å². The van der Waals surface area contributed by atoms with Crippen LogP contribution >= 0.6 is 0 Å². The lowest BCUT2D eigenvalue weighted by molar-refractivity contribution is 0.133. The summed E-state index contributed by atoms with van der Waals surface area (Å²) in [6.45, 7) is 2.36. The van der Waals surface area contributed by atoms with Gasteiger partial charge in [0.15, 0.2) is 0 Å². The van der Waals surface area contributed by atoms with Crippen LogP contribution in [0.25, 0.3) is 0 Å². The van der Waals surface area contributed by atoms with Gasteiger partial charge in [0.05, 0.1) is 0 Å². The van der Waals surface area contributed by atoms with Gasteiger partial charge < -0.3 is 15.0 Å². The molecule has 0 aromatic carbocycles. The van der Waals surface area contributed by atoms with E-state index in [2.05, 4.69) is 14.9 Å². The van der Waals surface area contributed by atoms with Gasteiger partial charge in [-0.3, -0.25) is 0 Å². The Kier molecular flexibility index (Phi) is 5.20. The molecule has 0 radical (unpaired) electrons. The summed E-state index contributed by atoms with van der Waals surface area (Å²) >= 11 is 0. The van der Waals surface area contributed by atoms with E-state index in [0.717, 1.165) is 25.3 Å². The van der Waals surface area contributed by atoms with E-state index in [1.165, 1.54) is 25.7 Å². The lowest BCUT2D eigenvalue weighted by Gasteiger charge is -2.30. The predicted molar refractivity (Wildman–Crippen MR) is 72.3 cm³/mol. The molecule has 1 aromatic heterocycles. The summed E-state index contributed by atoms with van der Waals surface area (Å²) in [6.07, 6.45) is 9.87. The Morgan fingerprint density at radius 3 is 2.83 bits per heavy atom. The van der Waals surface area contributed by atoms with Crippen molar-refractivity contribution in [2.75, 3.05) is 19.7 Å². The van der Waals surface area contributed by atoms with Crippen molar-refractivity contribution in [2.24, 2.45) is 18.9 Å². The van der Waals surface area contributed by atoms with Gasteiger partial charge in [-0.25, -0.2) is 4.98 Å². The standard InChI is InChI=1S/C14H25N3O/c1-17-9-8-16-14(17)6-7-15-10-12-4-2-3-5-13(12)11-18/h8-9,12-13,15,18H,2-7,10-11H2,1H3. The van der Waals surface area contributed by atoms with Crippen LogP contribution < -0.4 is 5.32 Å². The summed E-state index contributed by atoms with van der Waals surface area (Å²) in [4.78, 5) is 4.31. The third kappa shape index (κ3) is 3.56. The Hall–Kier alpha value is -0.870. The Bertz CT molecular complexity index is 351. The van der Waals surface area contributed by atoms with Gasteiger partial charge >= 0.3 is 0 Å². The van der Waals surface area contributed by atoms with E-state index in [4.69, 9.17) is 0 Å². The average Bonchev–Trinajstić information content (AvgIpc) is 2.81. The van der Waals surface area contributed by atoms with Crippen molar-refractivity contribution in [2.45, 2.75) is 32.1 Å². The van der Waals surface area contributed by atoms with E-state index in [1.807, 2.05) is 19.4 Å². The number of nitrogens with one attached hydrogen (secondary N) is 1. The van der Waals surface area contributed by atoms with E-state index >= 15 is 0 Å². The second kappa shape index (κ2) is 6.90. The van der Waals surface area contributed by atoms with E-state index in [1.54, 1.807) is 0 Å². The second-order valence-electron chi connectivity index (χ2n) is 5.40. The van der Waals surface area contributed by atoms with Crippen molar-refractivity contribution in [3.05, 3.63) is 18.2 Å². The summed E-state index contributed by atoms with van der Waals surface area (Å²) in [5, 5.41) is 12.9. The van der Waals surface area contributed by atoms with Crippen molar-refractivity contribution in [1.82, 2.24) is 14.9 Å². The van der Waals surface area contributed by atoms with Crippen LogP contribution in [0, 0.1) is 11.8 Å². The number of aromatic nitrogens is 2. The summed E-state index contributed by atoms with van der Waals surface area (Å²) < 4.78 is 2.07. The van der Waals surface area contributed by atoms with Crippen LogP contribution in [-0.2, 0) is 13.5 Å². The van der Waals surface area contributed by atoms with Crippen LogP contribution in [0.2, 0.25) is 0 Å². The van der Waals surface area contributed by atoms with Crippen LogP contribution in [0.4, 0.5) is 0 Å². The monoisotopic (exact) mass is 251 g/mol. The SMILES string of the molecule is Cn1ccnc1CCNCC1CCCCC1CO. The van der Waals surface area contributed by atoms with Gasteiger partial charge in [0.1, 0.15) is 5.82 Å². The lowest BCUT2D eigenvalue weighted by atomic mass is 9.79. The first kappa shape index (κ1) is 13.6. The number of nitrogens with zero attached hydrogens (tertiary/aromatic N) is 2. The maximum Gasteiger partial charge on any atom is 0.109 e. The van der Waals surface area contributed by atoms with Crippen molar-refractivity contribution in [3.8, 4) is 0 Å². The molecule has 2 rings (SSSR count). The topological polar surface area (TPSA) is 50.1 Å². The number of hydrogen-bond acceptors (Lipinski definition) is 3. The molecule has 0 saturated heterocycles. The molecule has 2 N–H and O–H groups in total. The molecule has 2 atom stereocenters. The first-order valence-electron chi connectivity index (χ1n) is 7.09. The number of aliphatic hydroxyl groups is 1. The molecule has 1 aliphatic rings. The smallest absolute Gasteiger partial charge is 0.109 e. The summed E-state index contributed by atoms with van der Waals surface area (Å²) in [7, 11) is 2.03. The Labute approximate surface area is 109 Å². The number of aryl methyl sites for hydroxylation is 1. The highest BCUT2D eigenvalue weighted by molar-refractivity contribution is 4.91. The highest BCUT2D eigenvalue weighted by atomic mass is 16.3. The molecule has 0 aliphatic heterocycles. The molecule has 4 nitrogen and oxygen atoms in total. The number of aliphatic hydroxyl groups excluding tert-OH is 1. The molecule has 2 unspecified atom stereocenters. The molecule has 102 valence electrons. The lowest BCUT2D eigenvalue weighted by Crippen LogP contribution is -2.33. The quantitative estimate of drug-likeness (QED) is 0.750. The molecule has 18 heavy (non-hydrogen) atoms. The van der Waals surface area contributed by atoms with Gasteiger partial charge in [-0.1, -0.05) is 12.8 Å². The number of imidazole rings is 1. The van der Waals surface area contributed by atoms with Crippen LogP contribution in [0.3, 0.4) is 0 Å². The van der Waals surface area contributed by atoms with Crippen molar-refractivity contribution in [3.63, 3.8) is 0 Å². The fourth-order valence-corrected chi connectivity index (χ4v) is 2.92. The van der Waals surface area contributed by atoms with Crippen LogP contribution in [0.15, 0.2) is 12.4 Å². The molecule has 1 heterocycles. The summed E-state index contributed by atoms with van der Waals surface area (Å²) in [5.41, 5.74) is 0. The minimum Gasteiger partial charge on any atom is -0.396 e. The molecule has 0 spiro atoms. The third-order valence-corrected chi connectivity index (χ3v) is 4.15. The molecule has 1 aromatic rings. The predicted octanol–water partition coefficient (Wildman–Crippen LogP) is 1.35. The van der Waals surface area contributed by atoms with Crippen molar-refractivity contribution < 1.29 is 5.11 Å². The maximum absolute atomic E-state index is 9.36. The van der Waals surface area contributed by atoms with Gasteiger partial charge in [0.25, 0.3) is 0 Å². The largest absolute Gasteiger partial charge is 0.396 e. The molecule has 1 aliphatic carbocycles. The van der Waals surface area contributed by atoms with Gasteiger partial charge in [-0.2, -0.15) is 0 Å². The normalized spacial score (nSPS) is 24.3. The van der Waals surface area contributed by atoms with Crippen molar-refractivity contribution >= 4 is 0 Å². The van der Waals surface area contributed by atoms with Crippen LogP contribution in [-0.4, -0.2) is 34.4 Å². The minimum absolute atomic E-state index is 0.353. The molecular formula is C14H25N3O. The molecular weight excluding hydrogens is 226 g/mol.